The molecule has 16 heavy (non-hydrogen) atoms. The average Bonchev–Trinajstić information content (AvgIpc) is 2.97. The highest BCUT2D eigenvalue weighted by atomic mass is 32.1. The van der Waals surface area contributed by atoms with Crippen molar-refractivity contribution in [1.29, 1.82) is 0 Å². The molecular weight excluding hydrogens is 218 g/mol. The summed E-state index contributed by atoms with van der Waals surface area (Å²) in [5.74, 6) is 0.917. The minimum atomic E-state index is 0.695. The lowest BCUT2D eigenvalue weighted by atomic mass is 10.1. The van der Waals surface area contributed by atoms with Gasteiger partial charge in [-0.3, -0.25) is 0 Å². The summed E-state index contributed by atoms with van der Waals surface area (Å²) < 4.78 is 0. The zero-order valence-electron chi connectivity index (χ0n) is 10.4. The molecule has 2 rings (SSSR count). The summed E-state index contributed by atoms with van der Waals surface area (Å²) in [7, 11) is 4.36. The van der Waals surface area contributed by atoms with Crippen molar-refractivity contribution in [2.24, 2.45) is 5.92 Å². The summed E-state index contributed by atoms with van der Waals surface area (Å²) in [6, 6.07) is 0.695. The van der Waals surface area contributed by atoms with Gasteiger partial charge in [0, 0.05) is 30.2 Å². The van der Waals surface area contributed by atoms with E-state index in [1.807, 2.05) is 6.92 Å². The summed E-state index contributed by atoms with van der Waals surface area (Å²) >= 11 is 1.75. The fraction of sp³-hybridized carbons (Fsp3) is 0.750. The molecule has 1 aromatic rings. The minimum Gasteiger partial charge on any atom is -0.309 e. The van der Waals surface area contributed by atoms with Crippen LogP contribution < -0.4 is 5.32 Å². The first-order valence-corrected chi connectivity index (χ1v) is 6.83. The fourth-order valence-corrected chi connectivity index (χ4v) is 2.80. The van der Waals surface area contributed by atoms with Gasteiger partial charge in [0.2, 0.25) is 0 Å². The molecule has 4 heteroatoms. The highest BCUT2D eigenvalue weighted by molar-refractivity contribution is 7.09. The van der Waals surface area contributed by atoms with Crippen LogP contribution in [-0.2, 0) is 6.54 Å². The smallest absolute Gasteiger partial charge is 0.107 e. The lowest BCUT2D eigenvalue weighted by Crippen LogP contribution is -2.39. The van der Waals surface area contributed by atoms with Crippen LogP contribution in [-0.4, -0.2) is 36.6 Å². The topological polar surface area (TPSA) is 28.2 Å². The highest BCUT2D eigenvalue weighted by Gasteiger charge is 2.32. The molecule has 1 fully saturated rings. The molecule has 1 saturated carbocycles. The van der Waals surface area contributed by atoms with Crippen LogP contribution >= 0.6 is 11.3 Å². The Kier molecular flexibility index (Phi) is 3.95. The molecule has 1 aliphatic carbocycles. The van der Waals surface area contributed by atoms with Crippen LogP contribution in [0.2, 0.25) is 0 Å². The molecule has 0 aromatic carbocycles. The maximum absolute atomic E-state index is 4.46. The lowest BCUT2D eigenvalue weighted by molar-refractivity contribution is 0.255. The van der Waals surface area contributed by atoms with Crippen LogP contribution in [0.4, 0.5) is 0 Å². The second-order valence-corrected chi connectivity index (χ2v) is 5.82. The number of hydrogen-bond acceptors (Lipinski definition) is 4. The number of nitrogens with one attached hydrogen (secondary N) is 1. The van der Waals surface area contributed by atoms with E-state index in [1.54, 1.807) is 11.3 Å². The third-order valence-corrected chi connectivity index (χ3v) is 4.09. The van der Waals surface area contributed by atoms with Gasteiger partial charge in [-0.15, -0.1) is 11.3 Å². The fourth-order valence-electron chi connectivity index (χ4n) is 2.06. The Bertz CT molecular complexity index is 329. The highest BCUT2D eigenvalue weighted by Crippen LogP contribution is 2.34. The molecule has 0 aliphatic heterocycles. The molecule has 1 unspecified atom stereocenters. The van der Waals surface area contributed by atoms with E-state index >= 15 is 0 Å². The van der Waals surface area contributed by atoms with Crippen LogP contribution in [0.1, 0.15) is 23.5 Å². The molecule has 1 N–H and O–H groups in total. The Morgan fingerprint density at radius 1 is 1.56 bits per heavy atom. The van der Waals surface area contributed by atoms with Crippen molar-refractivity contribution < 1.29 is 0 Å². The Balaban J connectivity index is 1.74. The molecule has 1 heterocycles. The molecular formula is C12H21N3S. The summed E-state index contributed by atoms with van der Waals surface area (Å²) in [5.41, 5.74) is 1.13. The van der Waals surface area contributed by atoms with Gasteiger partial charge in [0.05, 0.1) is 0 Å². The van der Waals surface area contributed by atoms with Gasteiger partial charge >= 0.3 is 0 Å². The molecule has 0 spiro atoms. The van der Waals surface area contributed by atoms with Crippen LogP contribution in [0, 0.1) is 12.8 Å². The third-order valence-electron chi connectivity index (χ3n) is 3.13. The quantitative estimate of drug-likeness (QED) is 0.821. The summed E-state index contributed by atoms with van der Waals surface area (Å²) in [6.07, 6.45) is 2.81. The third kappa shape index (κ3) is 3.27. The number of likely N-dealkylation sites (N-methyl/N-ethyl adjacent to an activating group) is 1. The van der Waals surface area contributed by atoms with Crippen LogP contribution in [0.5, 0.6) is 0 Å². The predicted molar refractivity (Wildman–Crippen MR) is 68.8 cm³/mol. The molecule has 0 saturated heterocycles. The van der Waals surface area contributed by atoms with Crippen molar-refractivity contribution >= 4 is 11.3 Å². The van der Waals surface area contributed by atoms with E-state index in [0.29, 0.717) is 6.04 Å². The second-order valence-electron chi connectivity index (χ2n) is 4.88. The van der Waals surface area contributed by atoms with Gasteiger partial charge in [-0.25, -0.2) is 4.98 Å². The van der Waals surface area contributed by atoms with Crippen LogP contribution in [0.15, 0.2) is 5.38 Å². The number of thiazole rings is 1. The predicted octanol–water partition coefficient (Wildman–Crippen LogP) is 1.88. The van der Waals surface area contributed by atoms with Crippen LogP contribution in [0.3, 0.4) is 0 Å². The molecule has 0 bridgehead atoms. The maximum Gasteiger partial charge on any atom is 0.107 e. The molecule has 1 aromatic heterocycles. The molecule has 0 amide bonds. The van der Waals surface area contributed by atoms with Gasteiger partial charge in [-0.05, 0) is 39.8 Å². The SMILES string of the molecule is Cc1csc(CNCC(C2CC2)N(C)C)n1. The first-order chi connectivity index (χ1) is 7.66. The normalized spacial score (nSPS) is 18.0. The van der Waals surface area contributed by atoms with Crippen molar-refractivity contribution in [2.45, 2.75) is 32.4 Å². The van der Waals surface area contributed by atoms with Crippen molar-refractivity contribution in [3.05, 3.63) is 16.1 Å². The first-order valence-electron chi connectivity index (χ1n) is 5.95. The van der Waals surface area contributed by atoms with Crippen molar-refractivity contribution in [3.8, 4) is 0 Å². The van der Waals surface area contributed by atoms with Crippen molar-refractivity contribution in [2.75, 3.05) is 20.6 Å². The van der Waals surface area contributed by atoms with Crippen LogP contribution in [0.25, 0.3) is 0 Å². The number of aryl methyl sites for hydroxylation is 1. The van der Waals surface area contributed by atoms with E-state index in [9.17, 15) is 0 Å². The summed E-state index contributed by atoms with van der Waals surface area (Å²) in [5, 5.41) is 6.84. The molecule has 1 atom stereocenters. The standard InChI is InChI=1S/C12H21N3S/c1-9-8-16-12(14-9)7-13-6-11(15(2)3)10-4-5-10/h8,10-11,13H,4-7H2,1-3H3. The van der Waals surface area contributed by atoms with E-state index in [1.165, 1.54) is 17.8 Å². The van der Waals surface area contributed by atoms with E-state index in [4.69, 9.17) is 0 Å². The zero-order valence-corrected chi connectivity index (χ0v) is 11.2. The van der Waals surface area contributed by atoms with E-state index in [2.05, 4.69) is 34.7 Å². The van der Waals surface area contributed by atoms with Gasteiger partial charge in [0.25, 0.3) is 0 Å². The van der Waals surface area contributed by atoms with E-state index in [0.717, 1.165) is 24.7 Å². The minimum absolute atomic E-state index is 0.695. The van der Waals surface area contributed by atoms with Gasteiger partial charge in [-0.1, -0.05) is 0 Å². The largest absolute Gasteiger partial charge is 0.309 e. The average molecular weight is 239 g/mol. The summed E-state index contributed by atoms with van der Waals surface area (Å²) in [4.78, 5) is 6.80. The Morgan fingerprint density at radius 3 is 2.81 bits per heavy atom. The summed E-state index contributed by atoms with van der Waals surface area (Å²) in [6.45, 7) is 4.04. The van der Waals surface area contributed by atoms with Gasteiger partial charge in [0.1, 0.15) is 5.01 Å². The maximum atomic E-state index is 4.46. The van der Waals surface area contributed by atoms with Gasteiger partial charge < -0.3 is 10.2 Å². The molecule has 0 radical (unpaired) electrons. The molecule has 1 aliphatic rings. The monoisotopic (exact) mass is 239 g/mol. The Labute approximate surface area is 102 Å². The van der Waals surface area contributed by atoms with Gasteiger partial charge in [-0.2, -0.15) is 0 Å². The van der Waals surface area contributed by atoms with E-state index in [-0.39, 0.29) is 0 Å². The Hall–Kier alpha value is -0.450. The van der Waals surface area contributed by atoms with Gasteiger partial charge in [0.15, 0.2) is 0 Å². The number of aromatic nitrogens is 1. The Morgan fingerprint density at radius 2 is 2.31 bits per heavy atom. The number of hydrogen-bond donors (Lipinski definition) is 1. The lowest BCUT2D eigenvalue weighted by Gasteiger charge is -2.24. The van der Waals surface area contributed by atoms with E-state index < -0.39 is 0 Å². The molecule has 3 nitrogen and oxygen atoms in total. The van der Waals surface area contributed by atoms with Crippen molar-refractivity contribution in [1.82, 2.24) is 15.2 Å². The number of nitrogens with zero attached hydrogens (tertiary/aromatic N) is 2. The van der Waals surface area contributed by atoms with Crippen molar-refractivity contribution in [3.63, 3.8) is 0 Å². The first kappa shape index (κ1) is 12.0. The molecule has 90 valence electrons. The zero-order chi connectivity index (χ0) is 11.5. The second kappa shape index (κ2) is 5.25. The number of rotatable bonds is 6.